The van der Waals surface area contributed by atoms with Crippen molar-refractivity contribution in [2.45, 2.75) is 13.8 Å². The summed E-state index contributed by atoms with van der Waals surface area (Å²) in [6.45, 7) is 3.78. The Balaban J connectivity index is 2.10. The van der Waals surface area contributed by atoms with Crippen molar-refractivity contribution in [1.82, 2.24) is 0 Å². The molecular weight excluding hydrogens is 264 g/mol. The molecule has 21 heavy (non-hydrogen) atoms. The van der Waals surface area contributed by atoms with Gasteiger partial charge in [-0.2, -0.15) is 5.26 Å². The van der Waals surface area contributed by atoms with Crippen molar-refractivity contribution in [3.05, 3.63) is 53.1 Å². The highest BCUT2D eigenvalue weighted by Crippen LogP contribution is 2.23. The molecule has 0 saturated heterocycles. The first-order valence-corrected chi connectivity index (χ1v) is 6.44. The van der Waals surface area contributed by atoms with E-state index < -0.39 is 0 Å². The van der Waals surface area contributed by atoms with Crippen LogP contribution in [0.25, 0.3) is 0 Å². The highest BCUT2D eigenvalue weighted by Gasteiger charge is 2.08. The number of nitriles is 1. The van der Waals surface area contributed by atoms with Crippen LogP contribution >= 0.6 is 0 Å². The van der Waals surface area contributed by atoms with Gasteiger partial charge in [0.05, 0.1) is 11.6 Å². The van der Waals surface area contributed by atoms with Crippen molar-refractivity contribution in [2.24, 2.45) is 0 Å². The Kier molecular flexibility index (Phi) is 4.10. The van der Waals surface area contributed by atoms with Gasteiger partial charge in [-0.3, -0.25) is 0 Å². The summed E-state index contributed by atoms with van der Waals surface area (Å²) in [5.41, 5.74) is 10.2. The Hall–Kier alpha value is -3.00. The molecule has 5 heteroatoms. The second-order valence-electron chi connectivity index (χ2n) is 4.80. The van der Waals surface area contributed by atoms with Gasteiger partial charge in [0.2, 0.25) is 0 Å². The molecule has 0 heterocycles. The molecule has 0 spiro atoms. The van der Waals surface area contributed by atoms with Gasteiger partial charge in [0.1, 0.15) is 0 Å². The molecule has 2 aromatic carbocycles. The maximum Gasteiger partial charge on any atom is 0.323 e. The Bertz CT molecular complexity index is 691. The van der Waals surface area contributed by atoms with E-state index in [1.54, 1.807) is 24.3 Å². The van der Waals surface area contributed by atoms with Crippen molar-refractivity contribution >= 4 is 23.1 Å². The number of hydrogen-bond acceptors (Lipinski definition) is 3. The molecule has 0 aliphatic heterocycles. The molecule has 0 aliphatic rings. The van der Waals surface area contributed by atoms with Gasteiger partial charge < -0.3 is 16.4 Å². The lowest BCUT2D eigenvalue weighted by Gasteiger charge is -2.13. The average molecular weight is 280 g/mol. The van der Waals surface area contributed by atoms with Crippen LogP contribution in [0, 0.1) is 25.2 Å². The Labute approximate surface area is 123 Å². The van der Waals surface area contributed by atoms with Crippen LogP contribution in [0.3, 0.4) is 0 Å². The average Bonchev–Trinajstić information content (AvgIpc) is 2.43. The molecule has 0 saturated carbocycles. The van der Waals surface area contributed by atoms with Crippen LogP contribution in [0.2, 0.25) is 0 Å². The molecule has 4 N–H and O–H groups in total. The van der Waals surface area contributed by atoms with Gasteiger partial charge >= 0.3 is 6.03 Å². The molecule has 0 radical (unpaired) electrons. The first kappa shape index (κ1) is 14.4. The summed E-state index contributed by atoms with van der Waals surface area (Å²) in [5, 5.41) is 14.3. The number of nitrogen functional groups attached to an aromatic ring is 1. The van der Waals surface area contributed by atoms with Crippen LogP contribution < -0.4 is 16.4 Å². The zero-order valence-corrected chi connectivity index (χ0v) is 11.9. The summed E-state index contributed by atoms with van der Waals surface area (Å²) < 4.78 is 0. The topological polar surface area (TPSA) is 90.9 Å². The SMILES string of the molecule is Cc1cc(N)cc(C)c1NC(=O)Nc1ccc(C#N)cc1. The molecule has 0 atom stereocenters. The predicted molar refractivity (Wildman–Crippen MR) is 84.1 cm³/mol. The number of hydrogen-bond donors (Lipinski definition) is 3. The van der Waals surface area contributed by atoms with Crippen LogP contribution in [0.15, 0.2) is 36.4 Å². The molecule has 5 nitrogen and oxygen atoms in total. The van der Waals surface area contributed by atoms with Crippen molar-refractivity contribution in [3.63, 3.8) is 0 Å². The standard InChI is InChI=1S/C16H16N4O/c1-10-7-13(18)8-11(2)15(10)20-16(21)19-14-5-3-12(9-17)4-6-14/h3-8H,18H2,1-2H3,(H2,19,20,21). The third kappa shape index (κ3) is 3.51. The molecule has 106 valence electrons. The van der Waals surface area contributed by atoms with Crippen LogP contribution in [0.1, 0.15) is 16.7 Å². The van der Waals surface area contributed by atoms with Gasteiger partial charge in [0.15, 0.2) is 0 Å². The van der Waals surface area contributed by atoms with Crippen molar-refractivity contribution < 1.29 is 4.79 Å². The highest BCUT2D eigenvalue weighted by atomic mass is 16.2. The van der Waals surface area contributed by atoms with Crippen LogP contribution in [0.5, 0.6) is 0 Å². The minimum atomic E-state index is -0.337. The van der Waals surface area contributed by atoms with E-state index >= 15 is 0 Å². The lowest BCUT2D eigenvalue weighted by molar-refractivity contribution is 0.262. The fraction of sp³-hybridized carbons (Fsp3) is 0.125. The molecule has 0 aromatic heterocycles. The Morgan fingerprint density at radius 3 is 2.19 bits per heavy atom. The molecule has 0 aliphatic carbocycles. The Morgan fingerprint density at radius 2 is 1.67 bits per heavy atom. The number of carbonyl (C=O) groups excluding carboxylic acids is 1. The fourth-order valence-corrected chi connectivity index (χ4v) is 2.10. The summed E-state index contributed by atoms with van der Waals surface area (Å²) >= 11 is 0. The van der Waals surface area contributed by atoms with Crippen molar-refractivity contribution in [1.29, 1.82) is 5.26 Å². The minimum absolute atomic E-state index is 0.337. The molecule has 0 unspecified atom stereocenters. The van der Waals surface area contributed by atoms with E-state index in [1.807, 2.05) is 32.0 Å². The maximum atomic E-state index is 12.0. The molecular formula is C16H16N4O. The van der Waals surface area contributed by atoms with E-state index in [0.29, 0.717) is 16.9 Å². The summed E-state index contributed by atoms with van der Waals surface area (Å²) in [5.74, 6) is 0. The number of carbonyl (C=O) groups is 1. The summed E-state index contributed by atoms with van der Waals surface area (Å²) in [4.78, 5) is 12.0. The van der Waals surface area contributed by atoms with Crippen LogP contribution in [0.4, 0.5) is 21.9 Å². The summed E-state index contributed by atoms with van der Waals surface area (Å²) in [7, 11) is 0. The number of aryl methyl sites for hydroxylation is 2. The van der Waals surface area contributed by atoms with E-state index in [2.05, 4.69) is 10.6 Å². The summed E-state index contributed by atoms with van der Waals surface area (Å²) in [6, 6.07) is 12.0. The lowest BCUT2D eigenvalue weighted by atomic mass is 10.1. The van der Waals surface area contributed by atoms with Crippen LogP contribution in [-0.4, -0.2) is 6.03 Å². The molecule has 0 bridgehead atoms. The smallest absolute Gasteiger partial charge is 0.323 e. The van der Waals surface area contributed by atoms with Gasteiger partial charge in [-0.25, -0.2) is 4.79 Å². The quantitative estimate of drug-likeness (QED) is 0.736. The van der Waals surface area contributed by atoms with Gasteiger partial charge in [-0.05, 0) is 61.4 Å². The number of anilines is 3. The van der Waals surface area contributed by atoms with E-state index in [9.17, 15) is 4.79 Å². The normalized spacial score (nSPS) is 9.76. The van der Waals surface area contributed by atoms with Crippen LogP contribution in [-0.2, 0) is 0 Å². The van der Waals surface area contributed by atoms with E-state index in [4.69, 9.17) is 11.0 Å². The van der Waals surface area contributed by atoms with E-state index in [-0.39, 0.29) is 6.03 Å². The molecule has 0 fully saturated rings. The highest BCUT2D eigenvalue weighted by molar-refractivity contribution is 6.00. The van der Waals surface area contributed by atoms with Gasteiger partial charge in [-0.15, -0.1) is 0 Å². The number of benzene rings is 2. The second-order valence-corrected chi connectivity index (χ2v) is 4.80. The number of amides is 2. The maximum absolute atomic E-state index is 12.0. The number of nitrogens with one attached hydrogen (secondary N) is 2. The Morgan fingerprint density at radius 1 is 1.10 bits per heavy atom. The van der Waals surface area contributed by atoms with Crippen molar-refractivity contribution in [2.75, 3.05) is 16.4 Å². The molecule has 2 aromatic rings. The third-order valence-electron chi connectivity index (χ3n) is 3.07. The lowest BCUT2D eigenvalue weighted by Crippen LogP contribution is -2.20. The number of rotatable bonds is 2. The van der Waals surface area contributed by atoms with Gasteiger partial charge in [0.25, 0.3) is 0 Å². The summed E-state index contributed by atoms with van der Waals surface area (Å²) in [6.07, 6.45) is 0. The predicted octanol–water partition coefficient (Wildman–Crippen LogP) is 3.40. The van der Waals surface area contributed by atoms with Gasteiger partial charge in [0, 0.05) is 17.1 Å². The first-order valence-electron chi connectivity index (χ1n) is 6.44. The van der Waals surface area contributed by atoms with Gasteiger partial charge in [-0.1, -0.05) is 0 Å². The second kappa shape index (κ2) is 5.97. The number of nitrogens with two attached hydrogens (primary N) is 1. The molecule has 2 rings (SSSR count). The molecule has 2 amide bonds. The van der Waals surface area contributed by atoms with E-state index in [0.717, 1.165) is 16.8 Å². The third-order valence-corrected chi connectivity index (χ3v) is 3.07. The first-order chi connectivity index (χ1) is 9.99. The zero-order valence-electron chi connectivity index (χ0n) is 11.9. The number of urea groups is 1. The zero-order chi connectivity index (χ0) is 15.4. The largest absolute Gasteiger partial charge is 0.399 e. The monoisotopic (exact) mass is 280 g/mol. The minimum Gasteiger partial charge on any atom is -0.399 e. The number of nitrogens with zero attached hydrogens (tertiary/aromatic N) is 1. The van der Waals surface area contributed by atoms with E-state index in [1.165, 1.54) is 0 Å². The van der Waals surface area contributed by atoms with Crippen molar-refractivity contribution in [3.8, 4) is 6.07 Å². The fourth-order valence-electron chi connectivity index (χ4n) is 2.10.